The van der Waals surface area contributed by atoms with Crippen LogP contribution in [-0.4, -0.2) is 29.0 Å². The number of aliphatic hydroxyl groups is 1. The highest BCUT2D eigenvalue weighted by Crippen LogP contribution is 2.34. The quantitative estimate of drug-likeness (QED) is 0.589. The Morgan fingerprint density at radius 3 is 2.13 bits per heavy atom. The number of ether oxygens (including phenoxy) is 1. The molecule has 0 saturated heterocycles. The Labute approximate surface area is 85.5 Å². The molecule has 0 aliphatic heterocycles. The van der Waals surface area contributed by atoms with Gasteiger partial charge in [-0.2, -0.15) is 13.2 Å². The van der Waals surface area contributed by atoms with Crippen molar-refractivity contribution in [3.8, 4) is 0 Å². The van der Waals surface area contributed by atoms with E-state index in [4.69, 9.17) is 5.11 Å². The summed E-state index contributed by atoms with van der Waals surface area (Å²) in [5.74, 6) is -0.966. The lowest BCUT2D eigenvalue weighted by Gasteiger charge is -2.31. The first kappa shape index (κ1) is 14.0. The second-order valence-corrected chi connectivity index (χ2v) is 3.47. The second kappa shape index (κ2) is 4.22. The second-order valence-electron chi connectivity index (χ2n) is 3.47. The molecule has 0 amide bonds. The summed E-state index contributed by atoms with van der Waals surface area (Å²) in [6, 6.07) is 0. The van der Waals surface area contributed by atoms with Gasteiger partial charge in [0.05, 0.1) is 0 Å². The van der Waals surface area contributed by atoms with Crippen LogP contribution in [0.3, 0.4) is 0 Å². The molecule has 1 N–H and O–H groups in total. The third-order valence-electron chi connectivity index (χ3n) is 2.00. The summed E-state index contributed by atoms with van der Waals surface area (Å²) >= 11 is 0. The summed E-state index contributed by atoms with van der Waals surface area (Å²) in [7, 11) is 0. The van der Waals surface area contributed by atoms with E-state index in [0.29, 0.717) is 6.92 Å². The minimum absolute atomic E-state index is 0.0279. The van der Waals surface area contributed by atoms with E-state index in [1.807, 2.05) is 0 Å². The minimum atomic E-state index is -4.86. The average molecular weight is 226 g/mol. The van der Waals surface area contributed by atoms with Gasteiger partial charge in [0.15, 0.2) is 5.60 Å². The van der Waals surface area contributed by atoms with E-state index in [-0.39, 0.29) is 5.57 Å². The lowest BCUT2D eigenvalue weighted by atomic mass is 10.00. The van der Waals surface area contributed by atoms with Gasteiger partial charge in [-0.3, -0.25) is 0 Å². The van der Waals surface area contributed by atoms with Crippen LogP contribution in [0.1, 0.15) is 20.8 Å². The monoisotopic (exact) mass is 226 g/mol. The molecule has 0 aliphatic rings. The third kappa shape index (κ3) is 3.23. The van der Waals surface area contributed by atoms with Crippen LogP contribution < -0.4 is 0 Å². The molecule has 88 valence electrons. The van der Waals surface area contributed by atoms with Crippen LogP contribution in [0, 0.1) is 0 Å². The summed E-state index contributed by atoms with van der Waals surface area (Å²) < 4.78 is 41.2. The Hall–Kier alpha value is -1.04. The van der Waals surface area contributed by atoms with Gasteiger partial charge in [0, 0.05) is 5.57 Å². The first-order valence-electron chi connectivity index (χ1n) is 4.15. The van der Waals surface area contributed by atoms with Crippen molar-refractivity contribution in [3.63, 3.8) is 0 Å². The van der Waals surface area contributed by atoms with Gasteiger partial charge >= 0.3 is 12.1 Å². The van der Waals surface area contributed by atoms with Crippen LogP contribution in [0.2, 0.25) is 0 Å². The van der Waals surface area contributed by atoms with Gasteiger partial charge in [-0.15, -0.1) is 0 Å². The zero-order valence-electron chi connectivity index (χ0n) is 8.68. The maximum absolute atomic E-state index is 12.3. The van der Waals surface area contributed by atoms with Crippen molar-refractivity contribution in [1.82, 2.24) is 0 Å². The fourth-order valence-electron chi connectivity index (χ4n) is 0.606. The molecule has 0 radical (unpaired) electrons. The summed E-state index contributed by atoms with van der Waals surface area (Å²) in [6.07, 6.45) is -6.55. The van der Waals surface area contributed by atoms with Crippen molar-refractivity contribution in [2.24, 2.45) is 0 Å². The zero-order valence-corrected chi connectivity index (χ0v) is 8.68. The van der Waals surface area contributed by atoms with E-state index < -0.39 is 23.9 Å². The molecule has 0 rings (SSSR count). The number of carbonyl (C=O) groups excluding carboxylic acids is 1. The maximum Gasteiger partial charge on any atom is 0.420 e. The van der Waals surface area contributed by atoms with Gasteiger partial charge in [0.25, 0.3) is 0 Å². The van der Waals surface area contributed by atoms with E-state index in [2.05, 4.69) is 11.3 Å². The van der Waals surface area contributed by atoms with E-state index in [9.17, 15) is 18.0 Å². The summed E-state index contributed by atoms with van der Waals surface area (Å²) in [5, 5.41) is 9.12. The van der Waals surface area contributed by atoms with Gasteiger partial charge < -0.3 is 9.84 Å². The van der Waals surface area contributed by atoms with Crippen LogP contribution in [0.15, 0.2) is 12.2 Å². The number of hydrogen-bond acceptors (Lipinski definition) is 3. The zero-order chi connectivity index (χ0) is 12.4. The average Bonchev–Trinajstić information content (AvgIpc) is 2.01. The number of halogens is 3. The highest BCUT2D eigenvalue weighted by Gasteiger charge is 2.55. The maximum atomic E-state index is 12.3. The molecule has 0 aromatic rings. The van der Waals surface area contributed by atoms with Crippen molar-refractivity contribution in [2.75, 3.05) is 0 Å². The number of hydrogen-bond donors (Lipinski definition) is 1. The Balaban J connectivity index is 4.66. The van der Waals surface area contributed by atoms with Crippen LogP contribution in [0.25, 0.3) is 0 Å². The molecule has 0 spiro atoms. The molecule has 0 bridgehead atoms. The number of esters is 1. The smallest absolute Gasteiger partial charge is 0.420 e. The van der Waals surface area contributed by atoms with Crippen LogP contribution >= 0.6 is 0 Å². The molecular weight excluding hydrogens is 213 g/mol. The first-order chi connectivity index (χ1) is 6.50. The highest BCUT2D eigenvalue weighted by molar-refractivity contribution is 5.87. The van der Waals surface area contributed by atoms with Crippen molar-refractivity contribution >= 4 is 5.97 Å². The molecule has 0 saturated carbocycles. The number of rotatable bonds is 3. The SMILES string of the molecule is C=C(C)C(=O)OC(C)C(C)(O)C(F)(F)F. The lowest BCUT2D eigenvalue weighted by molar-refractivity contribution is -0.282. The molecule has 0 fully saturated rings. The van der Waals surface area contributed by atoms with E-state index in [1.165, 1.54) is 6.92 Å². The van der Waals surface area contributed by atoms with Gasteiger partial charge in [0.1, 0.15) is 6.10 Å². The normalized spacial score (nSPS) is 17.8. The van der Waals surface area contributed by atoms with Crippen LogP contribution in [-0.2, 0) is 9.53 Å². The Bertz CT molecular complexity index is 268. The highest BCUT2D eigenvalue weighted by atomic mass is 19.4. The number of alkyl halides is 3. The molecule has 2 unspecified atom stereocenters. The summed E-state index contributed by atoms with van der Waals surface area (Å²) in [6.45, 7) is 6.03. The van der Waals surface area contributed by atoms with Crippen molar-refractivity contribution in [3.05, 3.63) is 12.2 Å². The van der Waals surface area contributed by atoms with Gasteiger partial charge in [-0.1, -0.05) is 6.58 Å². The molecule has 0 aromatic carbocycles. The van der Waals surface area contributed by atoms with Crippen LogP contribution in [0.5, 0.6) is 0 Å². The molecule has 15 heavy (non-hydrogen) atoms. The van der Waals surface area contributed by atoms with Crippen molar-refractivity contribution in [1.29, 1.82) is 0 Å². The van der Waals surface area contributed by atoms with E-state index in [1.54, 1.807) is 0 Å². The third-order valence-corrected chi connectivity index (χ3v) is 2.00. The predicted molar refractivity (Wildman–Crippen MR) is 47.0 cm³/mol. The molecule has 2 atom stereocenters. The molecule has 3 nitrogen and oxygen atoms in total. The van der Waals surface area contributed by atoms with Gasteiger partial charge in [-0.25, -0.2) is 4.79 Å². The van der Waals surface area contributed by atoms with E-state index >= 15 is 0 Å². The predicted octanol–water partition coefficient (Wildman–Crippen LogP) is 1.81. The molecule has 6 heteroatoms. The van der Waals surface area contributed by atoms with Gasteiger partial charge in [-0.05, 0) is 20.8 Å². The van der Waals surface area contributed by atoms with Crippen molar-refractivity contribution < 1.29 is 27.8 Å². The minimum Gasteiger partial charge on any atom is -0.456 e. The standard InChI is InChI=1S/C9H13F3O3/c1-5(2)7(13)15-6(3)8(4,14)9(10,11)12/h6,14H,1H2,2-4H3. The Kier molecular flexibility index (Phi) is 3.93. The lowest BCUT2D eigenvalue weighted by Crippen LogP contribution is -2.52. The summed E-state index contributed by atoms with van der Waals surface area (Å²) in [4.78, 5) is 10.9. The van der Waals surface area contributed by atoms with Crippen LogP contribution in [0.4, 0.5) is 13.2 Å². The molecule has 0 heterocycles. The number of carbonyl (C=O) groups is 1. The molecular formula is C9H13F3O3. The first-order valence-corrected chi connectivity index (χ1v) is 4.15. The fourth-order valence-corrected chi connectivity index (χ4v) is 0.606. The van der Waals surface area contributed by atoms with E-state index in [0.717, 1.165) is 6.92 Å². The van der Waals surface area contributed by atoms with Crippen molar-refractivity contribution in [2.45, 2.75) is 38.7 Å². The largest absolute Gasteiger partial charge is 0.456 e. The summed E-state index contributed by atoms with van der Waals surface area (Å²) in [5.41, 5.74) is -3.10. The Morgan fingerprint density at radius 2 is 1.87 bits per heavy atom. The molecule has 0 aliphatic carbocycles. The fraction of sp³-hybridized carbons (Fsp3) is 0.667. The molecule has 0 aromatic heterocycles. The topological polar surface area (TPSA) is 46.5 Å². The van der Waals surface area contributed by atoms with Gasteiger partial charge in [0.2, 0.25) is 0 Å². The Morgan fingerprint density at radius 1 is 1.47 bits per heavy atom.